The Morgan fingerprint density at radius 3 is 2.41 bits per heavy atom. The molecule has 0 aliphatic carbocycles. The van der Waals surface area contributed by atoms with Gasteiger partial charge in [0.1, 0.15) is 22.3 Å². The summed E-state index contributed by atoms with van der Waals surface area (Å²) in [5, 5.41) is 0. The number of rotatable bonds is 8. The highest BCUT2D eigenvalue weighted by atomic mass is 32.2. The molecule has 3 aromatic carbocycles. The van der Waals surface area contributed by atoms with Crippen LogP contribution in [0.2, 0.25) is 0 Å². The molecule has 1 amide bonds. The lowest BCUT2D eigenvalue weighted by molar-refractivity contribution is 0.0503. The van der Waals surface area contributed by atoms with Crippen molar-refractivity contribution in [2.45, 2.75) is 30.4 Å². The summed E-state index contributed by atoms with van der Waals surface area (Å²) in [6, 6.07) is 16.3. The Kier molecular flexibility index (Phi) is 7.23. The van der Waals surface area contributed by atoms with Gasteiger partial charge in [-0.1, -0.05) is 30.3 Å². The predicted molar refractivity (Wildman–Crippen MR) is 121 cm³/mol. The molecule has 0 bridgehead atoms. The van der Waals surface area contributed by atoms with Gasteiger partial charge in [-0.25, -0.2) is 8.78 Å². The van der Waals surface area contributed by atoms with E-state index in [0.717, 1.165) is 37.1 Å². The van der Waals surface area contributed by atoms with E-state index in [2.05, 4.69) is 0 Å². The second-order valence-corrected chi connectivity index (χ2v) is 9.45. The fourth-order valence-electron chi connectivity index (χ4n) is 3.75. The monoisotopic (exact) mass is 487 g/mol. The maximum absolute atomic E-state index is 14.4. The Morgan fingerprint density at radius 1 is 1.00 bits per heavy atom. The van der Waals surface area contributed by atoms with E-state index in [1.165, 1.54) is 29.2 Å². The van der Waals surface area contributed by atoms with Crippen LogP contribution in [0.15, 0.2) is 77.7 Å². The largest absolute Gasteiger partial charge is 0.379 e. The van der Waals surface area contributed by atoms with Gasteiger partial charge in [0.2, 0.25) is 0 Å². The minimum atomic E-state index is -4.24. The molecule has 1 atom stereocenters. The van der Waals surface area contributed by atoms with Gasteiger partial charge >= 0.3 is 10.1 Å². The fraction of sp³-hybridized carbons (Fsp3) is 0.240. The average molecular weight is 488 g/mol. The second kappa shape index (κ2) is 10.3. The zero-order valence-corrected chi connectivity index (χ0v) is 19.0. The maximum atomic E-state index is 14.4. The Morgan fingerprint density at radius 2 is 1.71 bits per heavy atom. The molecule has 3 aromatic rings. The van der Waals surface area contributed by atoms with Crippen molar-refractivity contribution in [3.05, 3.63) is 95.6 Å². The van der Waals surface area contributed by atoms with Crippen molar-refractivity contribution >= 4 is 16.0 Å². The molecule has 34 heavy (non-hydrogen) atoms. The summed E-state index contributed by atoms with van der Waals surface area (Å²) >= 11 is 0. The van der Waals surface area contributed by atoms with Gasteiger partial charge in [-0.15, -0.1) is 0 Å². The zero-order chi connectivity index (χ0) is 24.1. The smallest absolute Gasteiger partial charge is 0.339 e. The Labute approximate surface area is 196 Å². The first-order valence-corrected chi connectivity index (χ1v) is 12.2. The van der Waals surface area contributed by atoms with Crippen molar-refractivity contribution in [2.24, 2.45) is 0 Å². The third kappa shape index (κ3) is 5.60. The molecular weight excluding hydrogens is 464 g/mol. The van der Waals surface area contributed by atoms with E-state index in [4.69, 9.17) is 8.92 Å². The molecule has 1 unspecified atom stereocenters. The van der Waals surface area contributed by atoms with Crippen LogP contribution in [0.4, 0.5) is 8.78 Å². The molecule has 6 nitrogen and oxygen atoms in total. The van der Waals surface area contributed by atoms with Crippen molar-refractivity contribution in [1.82, 2.24) is 4.90 Å². The van der Waals surface area contributed by atoms with Crippen LogP contribution in [0.25, 0.3) is 0 Å². The van der Waals surface area contributed by atoms with Gasteiger partial charge in [-0.2, -0.15) is 8.42 Å². The molecule has 1 heterocycles. The lowest BCUT2D eigenvalue weighted by atomic mass is 10.1. The summed E-state index contributed by atoms with van der Waals surface area (Å²) < 4.78 is 64.1. The van der Waals surface area contributed by atoms with Crippen molar-refractivity contribution in [3.8, 4) is 5.75 Å². The van der Waals surface area contributed by atoms with E-state index >= 15 is 0 Å². The molecule has 1 aliphatic rings. The summed E-state index contributed by atoms with van der Waals surface area (Å²) in [4.78, 5) is 14.5. The van der Waals surface area contributed by atoms with Crippen LogP contribution in [-0.4, -0.2) is 38.5 Å². The number of nitrogens with zero attached hydrogens (tertiary/aromatic N) is 1. The summed E-state index contributed by atoms with van der Waals surface area (Å²) in [6.07, 6.45) is 1.42. The van der Waals surface area contributed by atoms with E-state index in [1.54, 1.807) is 24.3 Å². The highest BCUT2D eigenvalue weighted by molar-refractivity contribution is 7.87. The zero-order valence-electron chi connectivity index (χ0n) is 18.2. The van der Waals surface area contributed by atoms with E-state index in [-0.39, 0.29) is 35.4 Å². The molecule has 1 saturated heterocycles. The summed E-state index contributed by atoms with van der Waals surface area (Å²) in [5.74, 6) is -1.74. The quantitative estimate of drug-likeness (QED) is 0.436. The topological polar surface area (TPSA) is 72.9 Å². The molecule has 0 N–H and O–H groups in total. The number of benzene rings is 3. The Bertz CT molecular complexity index is 1260. The number of hydrogen-bond acceptors (Lipinski definition) is 5. The van der Waals surface area contributed by atoms with E-state index in [1.807, 2.05) is 0 Å². The minimum absolute atomic E-state index is 0.0190. The standard InChI is InChI=1S/C25H23F2NO5S/c26-19-11-13-21(14-12-19)34(30,31)33-24-10-4-1-6-18(24)16-28(17-20-7-5-15-32-20)25(29)22-8-2-3-9-23(22)27/h1-4,6,8-14,20H,5,7,15-17H2. The first-order valence-electron chi connectivity index (χ1n) is 10.8. The summed E-state index contributed by atoms with van der Waals surface area (Å²) in [6.45, 7) is 0.774. The van der Waals surface area contributed by atoms with Crippen molar-refractivity contribution in [1.29, 1.82) is 0 Å². The number of ether oxygens (including phenoxy) is 1. The predicted octanol–water partition coefficient (Wildman–Crippen LogP) is 4.55. The van der Waals surface area contributed by atoms with Crippen LogP contribution in [0.1, 0.15) is 28.8 Å². The van der Waals surface area contributed by atoms with Gasteiger partial charge in [0.15, 0.2) is 0 Å². The summed E-state index contributed by atoms with van der Waals surface area (Å²) in [5.41, 5.74) is 0.328. The lowest BCUT2D eigenvalue weighted by Crippen LogP contribution is -2.37. The van der Waals surface area contributed by atoms with Crippen LogP contribution in [0, 0.1) is 11.6 Å². The van der Waals surface area contributed by atoms with Crippen molar-refractivity contribution in [3.63, 3.8) is 0 Å². The molecule has 1 aliphatic heterocycles. The number of carbonyl (C=O) groups excluding carboxylic acids is 1. The first-order chi connectivity index (χ1) is 16.3. The number of carbonyl (C=O) groups is 1. The Hall–Kier alpha value is -3.30. The number of amides is 1. The van der Waals surface area contributed by atoms with E-state index in [9.17, 15) is 22.0 Å². The minimum Gasteiger partial charge on any atom is -0.379 e. The second-order valence-electron chi connectivity index (χ2n) is 7.90. The SMILES string of the molecule is O=C(c1ccccc1F)N(Cc1ccccc1OS(=O)(=O)c1ccc(F)cc1)CC1CCCO1. The molecule has 1 fully saturated rings. The van der Waals surface area contributed by atoms with Gasteiger partial charge in [0, 0.05) is 25.3 Å². The molecule has 0 aromatic heterocycles. The van der Waals surface area contributed by atoms with Crippen LogP contribution in [0.5, 0.6) is 5.75 Å². The molecule has 9 heteroatoms. The highest BCUT2D eigenvalue weighted by Gasteiger charge is 2.27. The fourth-order valence-corrected chi connectivity index (χ4v) is 4.71. The summed E-state index contributed by atoms with van der Waals surface area (Å²) in [7, 11) is -4.24. The molecular formula is C25H23F2NO5S. The van der Waals surface area contributed by atoms with Crippen LogP contribution in [-0.2, 0) is 21.4 Å². The van der Waals surface area contributed by atoms with Gasteiger partial charge < -0.3 is 13.8 Å². The van der Waals surface area contributed by atoms with E-state index < -0.39 is 27.7 Å². The van der Waals surface area contributed by atoms with Crippen LogP contribution in [0.3, 0.4) is 0 Å². The van der Waals surface area contributed by atoms with Gasteiger partial charge in [-0.3, -0.25) is 4.79 Å². The van der Waals surface area contributed by atoms with E-state index in [0.29, 0.717) is 12.2 Å². The molecule has 178 valence electrons. The van der Waals surface area contributed by atoms with Crippen molar-refractivity contribution in [2.75, 3.05) is 13.2 Å². The number of para-hydroxylation sites is 1. The number of halogens is 2. The third-order valence-corrected chi connectivity index (χ3v) is 6.72. The normalized spacial score (nSPS) is 15.8. The van der Waals surface area contributed by atoms with Gasteiger partial charge in [0.05, 0.1) is 11.7 Å². The highest BCUT2D eigenvalue weighted by Crippen LogP contribution is 2.26. The average Bonchev–Trinajstić information content (AvgIpc) is 3.33. The maximum Gasteiger partial charge on any atom is 0.339 e. The number of hydrogen-bond donors (Lipinski definition) is 0. The van der Waals surface area contributed by atoms with Gasteiger partial charge in [0.25, 0.3) is 5.91 Å². The van der Waals surface area contributed by atoms with Gasteiger partial charge in [-0.05, 0) is 55.3 Å². The molecule has 0 saturated carbocycles. The third-order valence-electron chi connectivity index (χ3n) is 5.48. The van der Waals surface area contributed by atoms with Crippen LogP contribution >= 0.6 is 0 Å². The molecule has 4 rings (SSSR count). The molecule has 0 spiro atoms. The van der Waals surface area contributed by atoms with Crippen LogP contribution < -0.4 is 4.18 Å². The molecule has 0 radical (unpaired) electrons. The lowest BCUT2D eigenvalue weighted by Gasteiger charge is -2.26. The van der Waals surface area contributed by atoms with Crippen molar-refractivity contribution < 1.29 is 30.9 Å². The first kappa shape index (κ1) is 23.8. The Balaban J connectivity index is 1.62.